The summed E-state index contributed by atoms with van der Waals surface area (Å²) in [4.78, 5) is 11.8. The first-order chi connectivity index (χ1) is 9.31. The van der Waals surface area contributed by atoms with Crippen molar-refractivity contribution in [3.8, 4) is 0 Å². The van der Waals surface area contributed by atoms with E-state index in [1.54, 1.807) is 0 Å². The maximum absolute atomic E-state index is 11.8. The van der Waals surface area contributed by atoms with Gasteiger partial charge in [-0.15, -0.1) is 11.6 Å². The van der Waals surface area contributed by atoms with Crippen LogP contribution in [-0.4, -0.2) is 11.9 Å². The molecule has 1 amide bonds. The van der Waals surface area contributed by atoms with Crippen LogP contribution in [0.25, 0.3) is 0 Å². The first-order valence-corrected chi connectivity index (χ1v) is 6.77. The second kappa shape index (κ2) is 6.95. The zero-order valence-electron chi connectivity index (χ0n) is 10.6. The fourth-order valence-corrected chi connectivity index (χ4v) is 2.28. The molecule has 1 N–H and O–H groups in total. The number of benzene rings is 2. The average Bonchev–Trinajstić information content (AvgIpc) is 2.47. The van der Waals surface area contributed by atoms with Gasteiger partial charge in [0.05, 0.1) is 6.00 Å². The average molecular weight is 274 g/mol. The maximum Gasteiger partial charge on any atom is 0.221 e. The smallest absolute Gasteiger partial charge is 0.221 e. The number of hydrogen-bond acceptors (Lipinski definition) is 1. The van der Waals surface area contributed by atoms with Gasteiger partial charge in [-0.2, -0.15) is 0 Å². The van der Waals surface area contributed by atoms with Crippen LogP contribution in [0.4, 0.5) is 0 Å². The summed E-state index contributed by atoms with van der Waals surface area (Å²) in [7, 11) is 0. The van der Waals surface area contributed by atoms with E-state index in [0.29, 0.717) is 6.42 Å². The molecule has 2 nitrogen and oxygen atoms in total. The number of hydrogen-bond donors (Lipinski definition) is 1. The van der Waals surface area contributed by atoms with Crippen molar-refractivity contribution in [1.82, 2.24) is 5.32 Å². The molecule has 0 saturated heterocycles. The van der Waals surface area contributed by atoms with Crippen LogP contribution in [0.3, 0.4) is 0 Å². The van der Waals surface area contributed by atoms with Crippen molar-refractivity contribution < 1.29 is 4.79 Å². The second-order valence-corrected chi connectivity index (χ2v) is 4.58. The van der Waals surface area contributed by atoms with E-state index >= 15 is 0 Å². The van der Waals surface area contributed by atoms with Crippen molar-refractivity contribution >= 4 is 17.5 Å². The Morgan fingerprint density at radius 2 is 1.42 bits per heavy atom. The Labute approximate surface area is 118 Å². The molecule has 2 aromatic rings. The summed E-state index contributed by atoms with van der Waals surface area (Å²) >= 11 is 5.54. The molecule has 0 aromatic heterocycles. The van der Waals surface area contributed by atoms with Gasteiger partial charge in [-0.3, -0.25) is 4.79 Å². The van der Waals surface area contributed by atoms with Gasteiger partial charge in [0.15, 0.2) is 0 Å². The van der Waals surface area contributed by atoms with Crippen molar-refractivity contribution in [1.29, 1.82) is 0 Å². The summed E-state index contributed by atoms with van der Waals surface area (Å²) in [6.45, 7) is 0. The number of alkyl halides is 1. The third kappa shape index (κ3) is 3.83. The fraction of sp³-hybridized carbons (Fsp3) is 0.188. The van der Waals surface area contributed by atoms with Crippen molar-refractivity contribution in [2.75, 3.05) is 6.00 Å². The summed E-state index contributed by atoms with van der Waals surface area (Å²) in [5.74, 6) is 0.0262. The monoisotopic (exact) mass is 273 g/mol. The molecular weight excluding hydrogens is 258 g/mol. The molecule has 98 valence electrons. The van der Waals surface area contributed by atoms with Crippen molar-refractivity contribution in [2.24, 2.45) is 0 Å². The quantitative estimate of drug-likeness (QED) is 0.655. The fourth-order valence-electron chi connectivity index (χ4n) is 2.13. The Hall–Kier alpha value is -1.80. The summed E-state index contributed by atoms with van der Waals surface area (Å²) in [6.07, 6.45) is 0.404. The zero-order chi connectivity index (χ0) is 13.5. The highest BCUT2D eigenvalue weighted by atomic mass is 35.5. The second-order valence-electron chi connectivity index (χ2n) is 4.31. The van der Waals surface area contributed by atoms with Gasteiger partial charge in [-0.1, -0.05) is 60.7 Å². The van der Waals surface area contributed by atoms with Crippen LogP contribution in [0, 0.1) is 0 Å². The van der Waals surface area contributed by atoms with Crippen molar-refractivity contribution in [2.45, 2.75) is 12.3 Å². The van der Waals surface area contributed by atoms with Crippen LogP contribution in [0.5, 0.6) is 0 Å². The molecule has 3 heteroatoms. The highest BCUT2D eigenvalue weighted by Crippen LogP contribution is 2.27. The van der Waals surface area contributed by atoms with Gasteiger partial charge < -0.3 is 5.32 Å². The molecule has 19 heavy (non-hydrogen) atoms. The van der Waals surface area contributed by atoms with E-state index in [4.69, 9.17) is 11.6 Å². The molecule has 0 radical (unpaired) electrons. The SMILES string of the molecule is O=C(CC(c1ccccc1)c1ccccc1)NCCl. The highest BCUT2D eigenvalue weighted by molar-refractivity contribution is 6.18. The molecule has 0 unspecified atom stereocenters. The largest absolute Gasteiger partial charge is 0.343 e. The van der Waals surface area contributed by atoms with E-state index < -0.39 is 0 Å². The summed E-state index contributed by atoms with van der Waals surface area (Å²) in [6, 6.07) is 20.3. The Morgan fingerprint density at radius 1 is 0.947 bits per heavy atom. The number of amides is 1. The van der Waals surface area contributed by atoms with E-state index in [2.05, 4.69) is 5.32 Å². The summed E-state index contributed by atoms with van der Waals surface area (Å²) in [5.41, 5.74) is 2.27. The molecule has 0 aliphatic rings. The third-order valence-electron chi connectivity index (χ3n) is 3.06. The number of carbonyl (C=O) groups is 1. The number of nitrogens with one attached hydrogen (secondary N) is 1. The Morgan fingerprint density at radius 3 is 1.84 bits per heavy atom. The number of rotatable bonds is 5. The maximum atomic E-state index is 11.8. The van der Waals surface area contributed by atoms with Crippen LogP contribution < -0.4 is 5.32 Å². The normalized spacial score (nSPS) is 10.4. The molecule has 0 atom stereocenters. The van der Waals surface area contributed by atoms with E-state index in [-0.39, 0.29) is 17.8 Å². The Kier molecular flexibility index (Phi) is 4.99. The predicted octanol–water partition coefficient (Wildman–Crippen LogP) is 3.52. The van der Waals surface area contributed by atoms with E-state index in [9.17, 15) is 4.79 Å². The third-order valence-corrected chi connectivity index (χ3v) is 3.19. The molecule has 2 rings (SSSR count). The minimum Gasteiger partial charge on any atom is -0.343 e. The van der Waals surface area contributed by atoms with Gasteiger partial charge in [0.2, 0.25) is 5.91 Å². The van der Waals surface area contributed by atoms with Crippen LogP contribution in [-0.2, 0) is 4.79 Å². The lowest BCUT2D eigenvalue weighted by Crippen LogP contribution is -2.24. The molecule has 0 fully saturated rings. The molecule has 0 saturated carbocycles. The molecule has 0 heterocycles. The topological polar surface area (TPSA) is 29.1 Å². The lowest BCUT2D eigenvalue weighted by atomic mass is 9.88. The van der Waals surface area contributed by atoms with Crippen molar-refractivity contribution in [3.05, 3.63) is 71.8 Å². The van der Waals surface area contributed by atoms with E-state index in [0.717, 1.165) is 11.1 Å². The predicted molar refractivity (Wildman–Crippen MR) is 78.2 cm³/mol. The minimum atomic E-state index is -0.0345. The Balaban J connectivity index is 2.26. The minimum absolute atomic E-state index is 0.0345. The van der Waals surface area contributed by atoms with Gasteiger partial charge in [-0.25, -0.2) is 0 Å². The molecule has 0 aliphatic carbocycles. The van der Waals surface area contributed by atoms with Crippen LogP contribution >= 0.6 is 11.6 Å². The zero-order valence-corrected chi connectivity index (χ0v) is 11.3. The van der Waals surface area contributed by atoms with Gasteiger partial charge in [0.25, 0.3) is 0 Å². The summed E-state index contributed by atoms with van der Waals surface area (Å²) < 4.78 is 0. The van der Waals surface area contributed by atoms with Gasteiger partial charge in [0, 0.05) is 12.3 Å². The standard InChI is InChI=1S/C16H16ClNO/c17-12-18-16(19)11-15(13-7-3-1-4-8-13)14-9-5-2-6-10-14/h1-10,15H,11-12H2,(H,18,19). The van der Waals surface area contributed by atoms with Crippen molar-refractivity contribution in [3.63, 3.8) is 0 Å². The van der Waals surface area contributed by atoms with E-state index in [1.165, 1.54) is 0 Å². The Bertz CT molecular complexity index is 473. The first-order valence-electron chi connectivity index (χ1n) is 6.24. The molecule has 0 spiro atoms. The van der Waals surface area contributed by atoms with Crippen LogP contribution in [0.2, 0.25) is 0 Å². The highest BCUT2D eigenvalue weighted by Gasteiger charge is 2.17. The van der Waals surface area contributed by atoms with Gasteiger partial charge in [0.1, 0.15) is 0 Å². The van der Waals surface area contributed by atoms with E-state index in [1.807, 2.05) is 60.7 Å². The van der Waals surface area contributed by atoms with Crippen LogP contribution in [0.1, 0.15) is 23.5 Å². The van der Waals surface area contributed by atoms with Gasteiger partial charge >= 0.3 is 0 Å². The summed E-state index contributed by atoms with van der Waals surface area (Å²) in [5, 5.41) is 2.64. The molecule has 0 bridgehead atoms. The number of carbonyl (C=O) groups excluding carboxylic acids is 1. The molecular formula is C16H16ClNO. The lowest BCUT2D eigenvalue weighted by molar-refractivity contribution is -0.120. The van der Waals surface area contributed by atoms with Crippen LogP contribution in [0.15, 0.2) is 60.7 Å². The first kappa shape index (κ1) is 13.6. The molecule has 2 aromatic carbocycles. The van der Waals surface area contributed by atoms with Gasteiger partial charge in [-0.05, 0) is 11.1 Å². The number of halogens is 1. The molecule has 0 aliphatic heterocycles. The lowest BCUT2D eigenvalue weighted by Gasteiger charge is -2.17.